The van der Waals surface area contributed by atoms with Crippen molar-refractivity contribution in [1.29, 1.82) is 0 Å². The minimum atomic E-state index is 0. The fraction of sp³-hybridized carbons (Fsp3) is 0.500. The maximum atomic E-state index is 5.56. The topological polar surface area (TPSA) is 37.4 Å². The van der Waals surface area contributed by atoms with Gasteiger partial charge in [-0.05, 0) is 6.07 Å². The molecule has 0 bridgehead atoms. The van der Waals surface area contributed by atoms with Gasteiger partial charge < -0.3 is 10.1 Å². The van der Waals surface area contributed by atoms with Crippen molar-refractivity contribution in [2.24, 2.45) is 0 Å². The molecule has 1 aromatic heterocycles. The highest BCUT2D eigenvalue weighted by molar-refractivity contribution is 7.09. The number of hydrogen-bond donors (Lipinski definition) is 1. The summed E-state index contributed by atoms with van der Waals surface area (Å²) in [4.78, 5) is 7.31. The van der Waals surface area contributed by atoms with Crippen LogP contribution in [0.15, 0.2) is 29.6 Å². The number of hydrogen-bond acceptors (Lipinski definition) is 5. The molecular formula is C18H27Cl2N3OS. The Morgan fingerprint density at radius 2 is 2.08 bits per heavy atom. The smallest absolute Gasteiger partial charge is 0.123 e. The van der Waals surface area contributed by atoms with E-state index in [1.807, 2.05) is 12.1 Å². The number of para-hydroxylation sites is 1. The van der Waals surface area contributed by atoms with Gasteiger partial charge >= 0.3 is 0 Å². The molecule has 7 heteroatoms. The first-order valence-corrected chi connectivity index (χ1v) is 9.09. The van der Waals surface area contributed by atoms with Gasteiger partial charge in [0.2, 0.25) is 0 Å². The van der Waals surface area contributed by atoms with E-state index in [1.165, 1.54) is 16.3 Å². The number of benzene rings is 1. The van der Waals surface area contributed by atoms with Crippen molar-refractivity contribution in [2.45, 2.75) is 32.4 Å². The van der Waals surface area contributed by atoms with E-state index in [0.29, 0.717) is 12.0 Å². The van der Waals surface area contributed by atoms with E-state index in [2.05, 4.69) is 41.6 Å². The summed E-state index contributed by atoms with van der Waals surface area (Å²) in [5, 5.41) is 6.94. The summed E-state index contributed by atoms with van der Waals surface area (Å²) in [6, 6.07) is 8.65. The summed E-state index contributed by atoms with van der Waals surface area (Å²) in [6.07, 6.45) is 0. The summed E-state index contributed by atoms with van der Waals surface area (Å²) in [6.45, 7) is 8.29. The normalized spacial score (nSPS) is 17.7. The fourth-order valence-electron chi connectivity index (χ4n) is 3.05. The Labute approximate surface area is 166 Å². The van der Waals surface area contributed by atoms with E-state index in [1.54, 1.807) is 18.4 Å². The Kier molecular flexibility index (Phi) is 9.17. The van der Waals surface area contributed by atoms with Crippen molar-refractivity contribution < 1.29 is 4.74 Å². The lowest BCUT2D eigenvalue weighted by Gasteiger charge is -2.36. The number of ether oxygens (including phenoxy) is 1. The van der Waals surface area contributed by atoms with Crippen LogP contribution in [-0.2, 0) is 6.54 Å². The second-order valence-corrected chi connectivity index (χ2v) is 7.15. The third-order valence-corrected chi connectivity index (χ3v) is 5.47. The number of halogens is 2. The zero-order chi connectivity index (χ0) is 16.2. The number of aromatic nitrogens is 1. The largest absolute Gasteiger partial charge is 0.496 e. The van der Waals surface area contributed by atoms with Gasteiger partial charge in [0.05, 0.1) is 23.9 Å². The van der Waals surface area contributed by atoms with E-state index < -0.39 is 0 Å². The van der Waals surface area contributed by atoms with E-state index in [0.717, 1.165) is 31.9 Å². The van der Waals surface area contributed by atoms with Crippen molar-refractivity contribution in [2.75, 3.05) is 26.7 Å². The molecule has 4 nitrogen and oxygen atoms in total. The number of piperazine rings is 1. The summed E-state index contributed by atoms with van der Waals surface area (Å²) >= 11 is 1.77. The standard InChI is InChI=1S/C18H25N3OS.2ClH/c1-13(2)18-20-14(12-23-18)11-21-9-8-19-10-16(21)15-6-4-5-7-17(15)22-3;;/h4-7,12-13,16,19H,8-11H2,1-3H3;2*1H. The van der Waals surface area contributed by atoms with Crippen LogP contribution in [0.5, 0.6) is 5.75 Å². The first-order chi connectivity index (χ1) is 11.2. The van der Waals surface area contributed by atoms with Gasteiger partial charge in [-0.3, -0.25) is 4.90 Å². The molecule has 1 atom stereocenters. The van der Waals surface area contributed by atoms with Crippen molar-refractivity contribution >= 4 is 36.2 Å². The van der Waals surface area contributed by atoms with Crippen LogP contribution >= 0.6 is 36.2 Å². The number of methoxy groups -OCH3 is 1. The Bertz CT molecular complexity index is 651. The van der Waals surface area contributed by atoms with Crippen LogP contribution in [0.25, 0.3) is 0 Å². The van der Waals surface area contributed by atoms with Gasteiger partial charge in [-0.1, -0.05) is 32.0 Å². The lowest BCUT2D eigenvalue weighted by molar-refractivity contribution is 0.149. The fourth-order valence-corrected chi connectivity index (χ4v) is 3.88. The summed E-state index contributed by atoms with van der Waals surface area (Å²) < 4.78 is 5.56. The molecule has 1 unspecified atom stereocenters. The molecule has 1 saturated heterocycles. The molecule has 2 aromatic rings. The van der Waals surface area contributed by atoms with Crippen molar-refractivity contribution in [3.05, 3.63) is 45.9 Å². The van der Waals surface area contributed by atoms with Crippen LogP contribution in [0.1, 0.15) is 42.1 Å². The summed E-state index contributed by atoms with van der Waals surface area (Å²) in [7, 11) is 1.74. The van der Waals surface area contributed by atoms with E-state index in [4.69, 9.17) is 9.72 Å². The number of thiazole rings is 1. The van der Waals surface area contributed by atoms with Crippen molar-refractivity contribution in [1.82, 2.24) is 15.2 Å². The van der Waals surface area contributed by atoms with Gasteiger partial charge in [0.15, 0.2) is 0 Å². The van der Waals surface area contributed by atoms with E-state index in [9.17, 15) is 0 Å². The lowest BCUT2D eigenvalue weighted by Crippen LogP contribution is -2.45. The van der Waals surface area contributed by atoms with Crippen LogP contribution in [0.2, 0.25) is 0 Å². The molecule has 1 fully saturated rings. The molecule has 1 aliphatic heterocycles. The molecule has 3 rings (SSSR count). The number of rotatable bonds is 5. The maximum Gasteiger partial charge on any atom is 0.123 e. The van der Waals surface area contributed by atoms with Gasteiger partial charge in [0.1, 0.15) is 5.75 Å². The minimum Gasteiger partial charge on any atom is -0.496 e. The molecule has 25 heavy (non-hydrogen) atoms. The highest BCUT2D eigenvalue weighted by atomic mass is 35.5. The third kappa shape index (κ3) is 5.31. The lowest BCUT2D eigenvalue weighted by atomic mass is 10.0. The SMILES string of the molecule is COc1ccccc1C1CNCCN1Cc1csc(C(C)C)n1.Cl.Cl. The van der Waals surface area contributed by atoms with E-state index in [-0.39, 0.29) is 24.8 Å². The average Bonchev–Trinajstić information content (AvgIpc) is 3.04. The second-order valence-electron chi connectivity index (χ2n) is 6.26. The van der Waals surface area contributed by atoms with Crippen LogP contribution in [0.4, 0.5) is 0 Å². The molecule has 0 aliphatic carbocycles. The van der Waals surface area contributed by atoms with Gasteiger partial charge in [-0.15, -0.1) is 36.2 Å². The van der Waals surface area contributed by atoms with Crippen LogP contribution in [-0.4, -0.2) is 36.6 Å². The van der Waals surface area contributed by atoms with Gasteiger partial charge in [-0.2, -0.15) is 0 Å². The number of nitrogens with zero attached hydrogens (tertiary/aromatic N) is 2. The van der Waals surface area contributed by atoms with Gasteiger partial charge in [0.25, 0.3) is 0 Å². The molecule has 0 spiro atoms. The van der Waals surface area contributed by atoms with Crippen LogP contribution in [0.3, 0.4) is 0 Å². The predicted octanol–water partition coefficient (Wildman–Crippen LogP) is 4.27. The molecule has 1 aliphatic rings. The maximum absolute atomic E-state index is 5.56. The van der Waals surface area contributed by atoms with Crippen molar-refractivity contribution in [3.8, 4) is 5.75 Å². The minimum absolute atomic E-state index is 0. The summed E-state index contributed by atoms with van der Waals surface area (Å²) in [5.74, 6) is 1.47. The predicted molar refractivity (Wildman–Crippen MR) is 110 cm³/mol. The average molecular weight is 404 g/mol. The third-order valence-electron chi connectivity index (χ3n) is 4.28. The van der Waals surface area contributed by atoms with Gasteiger partial charge in [-0.25, -0.2) is 4.98 Å². The van der Waals surface area contributed by atoms with Gasteiger partial charge in [0, 0.05) is 43.0 Å². The first kappa shape index (κ1) is 22.2. The Balaban J connectivity index is 0.00000156. The Hall–Kier alpha value is -0.850. The van der Waals surface area contributed by atoms with Crippen LogP contribution in [0, 0.1) is 0 Å². The van der Waals surface area contributed by atoms with Crippen molar-refractivity contribution in [3.63, 3.8) is 0 Å². The Morgan fingerprint density at radius 3 is 2.76 bits per heavy atom. The second kappa shape index (κ2) is 10.3. The summed E-state index contributed by atoms with van der Waals surface area (Å²) in [5.41, 5.74) is 2.43. The van der Waals surface area contributed by atoms with E-state index >= 15 is 0 Å². The van der Waals surface area contributed by atoms with Crippen LogP contribution < -0.4 is 10.1 Å². The Morgan fingerprint density at radius 1 is 1.32 bits per heavy atom. The molecule has 2 heterocycles. The molecule has 0 saturated carbocycles. The molecular weight excluding hydrogens is 377 g/mol. The molecule has 140 valence electrons. The first-order valence-electron chi connectivity index (χ1n) is 8.21. The molecule has 0 amide bonds. The highest BCUT2D eigenvalue weighted by Gasteiger charge is 2.26. The quantitative estimate of drug-likeness (QED) is 0.808. The molecule has 1 N–H and O–H groups in total. The molecule has 0 radical (unpaired) electrons. The highest BCUT2D eigenvalue weighted by Crippen LogP contribution is 2.31. The zero-order valence-electron chi connectivity index (χ0n) is 14.9. The molecule has 1 aromatic carbocycles. The monoisotopic (exact) mass is 403 g/mol. The number of nitrogens with one attached hydrogen (secondary N) is 1. The zero-order valence-corrected chi connectivity index (χ0v) is 17.3.